The fourth-order valence-corrected chi connectivity index (χ4v) is 2.73. The Balaban J connectivity index is 3.14. The maximum Gasteiger partial charge on any atom is 0.0549 e. The SMILES string of the molecule is C[SiH](C)/C=C/CCCCCCCCC(C)(C)C. The third-order valence-electron chi connectivity index (χ3n) is 3.07. The fourth-order valence-electron chi connectivity index (χ4n) is 1.99. The highest BCUT2D eigenvalue weighted by Gasteiger charge is 2.08. The molecule has 0 radical (unpaired) electrons. The molecular formula is C16H34Si. The number of rotatable bonds is 9. The predicted octanol–water partition coefficient (Wildman–Crippen LogP) is 5.74. The number of hydrogen-bond donors (Lipinski definition) is 0. The van der Waals surface area contributed by atoms with E-state index in [-0.39, 0.29) is 0 Å². The average Bonchev–Trinajstić information content (AvgIpc) is 2.18. The van der Waals surface area contributed by atoms with Gasteiger partial charge in [0, 0.05) is 0 Å². The molecule has 1 heteroatoms. The molecule has 0 aliphatic rings. The van der Waals surface area contributed by atoms with Crippen LogP contribution in [0.25, 0.3) is 0 Å². The van der Waals surface area contributed by atoms with E-state index in [1.807, 2.05) is 0 Å². The first kappa shape index (κ1) is 17.0. The van der Waals surface area contributed by atoms with Crippen molar-refractivity contribution in [3.05, 3.63) is 11.8 Å². The Morgan fingerprint density at radius 1 is 0.824 bits per heavy atom. The van der Waals surface area contributed by atoms with Crippen molar-refractivity contribution in [3.63, 3.8) is 0 Å². The summed E-state index contributed by atoms with van der Waals surface area (Å²) in [6.45, 7) is 11.8. The van der Waals surface area contributed by atoms with Crippen LogP contribution in [0, 0.1) is 5.41 Å². The second kappa shape index (κ2) is 9.93. The van der Waals surface area contributed by atoms with Crippen LogP contribution < -0.4 is 0 Å². The van der Waals surface area contributed by atoms with Crippen LogP contribution in [0.2, 0.25) is 13.1 Å². The van der Waals surface area contributed by atoms with E-state index in [4.69, 9.17) is 0 Å². The van der Waals surface area contributed by atoms with Crippen LogP contribution >= 0.6 is 0 Å². The normalized spacial score (nSPS) is 12.8. The van der Waals surface area contributed by atoms with E-state index in [9.17, 15) is 0 Å². The van der Waals surface area contributed by atoms with Gasteiger partial charge in [0.25, 0.3) is 0 Å². The third kappa shape index (κ3) is 16.0. The molecule has 0 nitrogen and oxygen atoms in total. The first-order valence-electron chi connectivity index (χ1n) is 7.58. The molecule has 0 amide bonds. The standard InChI is InChI=1S/C16H34Si/c1-16(2,3)14-12-10-8-6-7-9-11-13-15-17(4)5/h13,15,17H,6-12,14H2,1-5H3/b15-13+. The summed E-state index contributed by atoms with van der Waals surface area (Å²) in [5, 5.41) is 0. The first-order chi connectivity index (χ1) is 7.92. The molecule has 0 aromatic carbocycles. The van der Waals surface area contributed by atoms with Gasteiger partial charge in [0.05, 0.1) is 8.80 Å². The van der Waals surface area contributed by atoms with E-state index < -0.39 is 8.80 Å². The Hall–Kier alpha value is -0.0431. The van der Waals surface area contributed by atoms with Gasteiger partial charge >= 0.3 is 0 Å². The maximum absolute atomic E-state index is 2.46. The van der Waals surface area contributed by atoms with E-state index in [0.717, 1.165) is 0 Å². The second-order valence-corrected chi connectivity index (χ2v) is 9.77. The lowest BCUT2D eigenvalue weighted by molar-refractivity contribution is 0.356. The highest BCUT2D eigenvalue weighted by molar-refractivity contribution is 6.61. The zero-order chi connectivity index (χ0) is 13.1. The molecule has 0 unspecified atom stereocenters. The van der Waals surface area contributed by atoms with Gasteiger partial charge in [-0.05, 0) is 24.7 Å². The molecule has 0 aliphatic heterocycles. The van der Waals surface area contributed by atoms with Crippen molar-refractivity contribution in [2.45, 2.75) is 85.2 Å². The van der Waals surface area contributed by atoms with Crippen molar-refractivity contribution in [3.8, 4) is 0 Å². The zero-order valence-electron chi connectivity index (χ0n) is 12.9. The van der Waals surface area contributed by atoms with E-state index in [2.05, 4.69) is 45.6 Å². The van der Waals surface area contributed by atoms with Gasteiger partial charge in [-0.2, -0.15) is 0 Å². The second-order valence-electron chi connectivity index (χ2n) is 6.89. The van der Waals surface area contributed by atoms with Gasteiger partial charge in [-0.15, -0.1) is 5.70 Å². The summed E-state index contributed by atoms with van der Waals surface area (Å²) >= 11 is 0. The molecule has 0 aromatic rings. The minimum atomic E-state index is -0.442. The van der Waals surface area contributed by atoms with Crippen LogP contribution in [0.3, 0.4) is 0 Å². The summed E-state index contributed by atoms with van der Waals surface area (Å²) in [7, 11) is -0.442. The Bertz CT molecular complexity index is 186. The lowest BCUT2D eigenvalue weighted by Crippen LogP contribution is -2.03. The Morgan fingerprint density at radius 3 is 1.88 bits per heavy atom. The average molecular weight is 255 g/mol. The van der Waals surface area contributed by atoms with Crippen LogP contribution in [0.4, 0.5) is 0 Å². The molecule has 0 N–H and O–H groups in total. The molecule has 0 heterocycles. The van der Waals surface area contributed by atoms with Gasteiger partial charge in [0.2, 0.25) is 0 Å². The molecule has 102 valence electrons. The van der Waals surface area contributed by atoms with E-state index >= 15 is 0 Å². The van der Waals surface area contributed by atoms with Gasteiger partial charge in [-0.3, -0.25) is 0 Å². The quantitative estimate of drug-likeness (QED) is 0.364. The molecule has 0 atom stereocenters. The number of hydrogen-bond acceptors (Lipinski definition) is 0. The molecule has 0 saturated carbocycles. The number of unbranched alkanes of at least 4 members (excludes halogenated alkanes) is 6. The predicted molar refractivity (Wildman–Crippen MR) is 84.4 cm³/mol. The molecule has 0 aliphatic carbocycles. The van der Waals surface area contributed by atoms with Crippen molar-refractivity contribution >= 4 is 8.80 Å². The van der Waals surface area contributed by atoms with E-state index in [1.54, 1.807) is 0 Å². The maximum atomic E-state index is 2.46. The van der Waals surface area contributed by atoms with Crippen molar-refractivity contribution in [2.24, 2.45) is 5.41 Å². The van der Waals surface area contributed by atoms with Gasteiger partial charge in [0.1, 0.15) is 0 Å². The molecule has 0 rings (SSSR count). The van der Waals surface area contributed by atoms with E-state index in [0.29, 0.717) is 5.41 Å². The molecule has 0 bridgehead atoms. The van der Waals surface area contributed by atoms with Crippen LogP contribution in [-0.2, 0) is 0 Å². The van der Waals surface area contributed by atoms with Crippen LogP contribution in [0.1, 0.15) is 72.1 Å². The van der Waals surface area contributed by atoms with Gasteiger partial charge in [-0.1, -0.05) is 72.0 Å². The smallest absolute Gasteiger partial charge is 0.0549 e. The zero-order valence-corrected chi connectivity index (χ0v) is 14.0. The minimum Gasteiger partial charge on any atom is -0.102 e. The monoisotopic (exact) mass is 254 g/mol. The molecule has 17 heavy (non-hydrogen) atoms. The highest BCUT2D eigenvalue weighted by Crippen LogP contribution is 2.22. The van der Waals surface area contributed by atoms with Gasteiger partial charge in [-0.25, -0.2) is 0 Å². The van der Waals surface area contributed by atoms with Crippen LogP contribution in [0.5, 0.6) is 0 Å². The first-order valence-corrected chi connectivity index (χ1v) is 10.6. The van der Waals surface area contributed by atoms with Crippen molar-refractivity contribution in [1.29, 1.82) is 0 Å². The fraction of sp³-hybridized carbons (Fsp3) is 0.875. The summed E-state index contributed by atoms with van der Waals surface area (Å²) in [6, 6.07) is 0. The Morgan fingerprint density at radius 2 is 1.35 bits per heavy atom. The Labute approximate surface area is 112 Å². The lowest BCUT2D eigenvalue weighted by Gasteiger charge is -2.17. The largest absolute Gasteiger partial charge is 0.102 e. The molecule has 0 spiro atoms. The topological polar surface area (TPSA) is 0 Å². The third-order valence-corrected chi connectivity index (χ3v) is 4.11. The molecule has 0 aromatic heterocycles. The Kier molecular flexibility index (Phi) is 9.91. The van der Waals surface area contributed by atoms with Crippen molar-refractivity contribution in [1.82, 2.24) is 0 Å². The summed E-state index contributed by atoms with van der Waals surface area (Å²) in [4.78, 5) is 0. The summed E-state index contributed by atoms with van der Waals surface area (Å²) < 4.78 is 0. The minimum absolute atomic E-state index is 0.442. The van der Waals surface area contributed by atoms with Crippen LogP contribution in [-0.4, -0.2) is 8.80 Å². The molecule has 0 saturated heterocycles. The van der Waals surface area contributed by atoms with Gasteiger partial charge in [0.15, 0.2) is 0 Å². The summed E-state index contributed by atoms with van der Waals surface area (Å²) in [6.07, 6.45) is 13.7. The lowest BCUT2D eigenvalue weighted by atomic mass is 9.89. The van der Waals surface area contributed by atoms with Crippen molar-refractivity contribution in [2.75, 3.05) is 0 Å². The van der Waals surface area contributed by atoms with Crippen molar-refractivity contribution < 1.29 is 0 Å². The molecule has 0 fully saturated rings. The van der Waals surface area contributed by atoms with Crippen LogP contribution in [0.15, 0.2) is 11.8 Å². The van der Waals surface area contributed by atoms with E-state index in [1.165, 1.54) is 51.4 Å². The highest BCUT2D eigenvalue weighted by atomic mass is 28.3. The van der Waals surface area contributed by atoms with Gasteiger partial charge < -0.3 is 0 Å². The molecular weight excluding hydrogens is 220 g/mol. The summed E-state index contributed by atoms with van der Waals surface area (Å²) in [5.41, 5.74) is 2.99. The summed E-state index contributed by atoms with van der Waals surface area (Å²) in [5.74, 6) is 0. The number of allylic oxidation sites excluding steroid dienone is 1.